The first-order valence-electron chi connectivity index (χ1n) is 12.1. The Morgan fingerprint density at radius 2 is 1.73 bits per heavy atom. The van der Waals surface area contributed by atoms with Crippen LogP contribution in [-0.2, 0) is 11.2 Å². The summed E-state index contributed by atoms with van der Waals surface area (Å²) in [6.45, 7) is 5.02. The van der Waals surface area contributed by atoms with Crippen LogP contribution in [0.15, 0.2) is 54.6 Å². The molecule has 0 radical (unpaired) electrons. The number of piperidine rings is 1. The van der Waals surface area contributed by atoms with Crippen LogP contribution >= 0.6 is 11.8 Å². The van der Waals surface area contributed by atoms with E-state index in [0.29, 0.717) is 31.7 Å². The largest absolute Gasteiger partial charge is 0.494 e. The second-order valence-corrected chi connectivity index (χ2v) is 10.3. The number of carbonyl (C=O) groups is 2. The van der Waals surface area contributed by atoms with Gasteiger partial charge in [-0.1, -0.05) is 43.7 Å². The van der Waals surface area contributed by atoms with E-state index < -0.39 is 0 Å². The number of unbranched alkanes of at least 4 members (excludes halogenated alkanes) is 1. The van der Waals surface area contributed by atoms with Crippen LogP contribution in [0.5, 0.6) is 5.75 Å². The number of hydrogen-bond donors (Lipinski definition) is 0. The van der Waals surface area contributed by atoms with Crippen LogP contribution in [0.3, 0.4) is 0 Å². The van der Waals surface area contributed by atoms with Crippen LogP contribution in [0.1, 0.15) is 54.9 Å². The van der Waals surface area contributed by atoms with Gasteiger partial charge in [0, 0.05) is 37.4 Å². The number of ether oxygens (including phenoxy) is 1. The second-order valence-electron chi connectivity index (χ2n) is 8.84. The minimum Gasteiger partial charge on any atom is -0.494 e. The number of amides is 2. The molecule has 2 amide bonds. The van der Waals surface area contributed by atoms with E-state index >= 15 is 0 Å². The number of thioether (sulfide) groups is 1. The monoisotopic (exact) mass is 466 g/mol. The number of aryl methyl sites for hydroxylation is 1. The lowest BCUT2D eigenvalue weighted by molar-refractivity contribution is -0.134. The van der Waals surface area contributed by atoms with E-state index in [9.17, 15) is 9.59 Å². The van der Waals surface area contributed by atoms with E-state index in [1.54, 1.807) is 0 Å². The summed E-state index contributed by atoms with van der Waals surface area (Å²) in [6.07, 6.45) is 5.11. The van der Waals surface area contributed by atoms with Crippen LogP contribution in [-0.4, -0.2) is 58.5 Å². The molecule has 2 aliphatic heterocycles. The molecular formula is C27H34N2O3S. The Bertz CT molecular complexity index is 924. The van der Waals surface area contributed by atoms with E-state index in [1.165, 1.54) is 5.56 Å². The zero-order valence-electron chi connectivity index (χ0n) is 19.5. The van der Waals surface area contributed by atoms with Gasteiger partial charge in [-0.05, 0) is 55.5 Å². The van der Waals surface area contributed by atoms with Gasteiger partial charge in [0.25, 0.3) is 5.91 Å². The van der Waals surface area contributed by atoms with Crippen LogP contribution < -0.4 is 4.74 Å². The van der Waals surface area contributed by atoms with Crippen molar-refractivity contribution in [2.45, 2.75) is 50.3 Å². The molecule has 2 saturated heterocycles. The first-order chi connectivity index (χ1) is 16.1. The Morgan fingerprint density at radius 1 is 1.00 bits per heavy atom. The summed E-state index contributed by atoms with van der Waals surface area (Å²) in [5.41, 5.74) is 1.90. The Labute approximate surface area is 201 Å². The highest BCUT2D eigenvalue weighted by molar-refractivity contribution is 8.00. The predicted molar refractivity (Wildman–Crippen MR) is 134 cm³/mol. The van der Waals surface area contributed by atoms with Crippen LogP contribution in [0.2, 0.25) is 0 Å². The van der Waals surface area contributed by atoms with Crippen molar-refractivity contribution in [1.82, 2.24) is 9.80 Å². The molecule has 0 N–H and O–H groups in total. The maximum absolute atomic E-state index is 13.1. The summed E-state index contributed by atoms with van der Waals surface area (Å²) >= 11 is 1.90. The highest BCUT2D eigenvalue weighted by atomic mass is 32.2. The third kappa shape index (κ3) is 5.72. The van der Waals surface area contributed by atoms with E-state index in [4.69, 9.17) is 4.74 Å². The summed E-state index contributed by atoms with van der Waals surface area (Å²) < 4.78 is 5.71. The van der Waals surface area contributed by atoms with Crippen molar-refractivity contribution >= 4 is 23.6 Å². The maximum atomic E-state index is 13.1. The number of carbonyl (C=O) groups excluding carboxylic acids is 2. The van der Waals surface area contributed by atoms with Crippen LogP contribution in [0.4, 0.5) is 0 Å². The lowest BCUT2D eigenvalue weighted by Gasteiger charge is -2.44. The molecule has 176 valence electrons. The van der Waals surface area contributed by atoms with Gasteiger partial charge >= 0.3 is 0 Å². The molecule has 0 atom stereocenters. The Kier molecular flexibility index (Phi) is 7.97. The van der Waals surface area contributed by atoms with Crippen molar-refractivity contribution in [3.05, 3.63) is 65.7 Å². The molecule has 2 aromatic rings. The summed E-state index contributed by atoms with van der Waals surface area (Å²) in [6, 6.07) is 17.7. The Morgan fingerprint density at radius 3 is 2.42 bits per heavy atom. The molecule has 2 aliphatic rings. The molecule has 33 heavy (non-hydrogen) atoms. The molecule has 2 aromatic carbocycles. The van der Waals surface area contributed by atoms with Crippen molar-refractivity contribution in [2.24, 2.45) is 0 Å². The van der Waals surface area contributed by atoms with Crippen molar-refractivity contribution in [3.8, 4) is 5.75 Å². The summed E-state index contributed by atoms with van der Waals surface area (Å²) in [7, 11) is 0. The Balaban J connectivity index is 1.31. The molecule has 5 nitrogen and oxygen atoms in total. The van der Waals surface area contributed by atoms with E-state index in [2.05, 4.69) is 24.0 Å². The van der Waals surface area contributed by atoms with Crippen molar-refractivity contribution < 1.29 is 14.3 Å². The molecule has 4 rings (SSSR count). The molecule has 6 heteroatoms. The number of benzene rings is 2. The first kappa shape index (κ1) is 23.7. The van der Waals surface area contributed by atoms with E-state index in [-0.39, 0.29) is 16.7 Å². The average Bonchev–Trinajstić information content (AvgIpc) is 3.27. The minimum atomic E-state index is -0.151. The van der Waals surface area contributed by atoms with Gasteiger partial charge in [-0.3, -0.25) is 9.59 Å². The average molecular weight is 467 g/mol. The third-order valence-corrected chi connectivity index (χ3v) is 8.20. The zero-order valence-corrected chi connectivity index (χ0v) is 20.3. The fourth-order valence-electron chi connectivity index (χ4n) is 4.68. The van der Waals surface area contributed by atoms with Gasteiger partial charge in [-0.2, -0.15) is 0 Å². The summed E-state index contributed by atoms with van der Waals surface area (Å²) in [5.74, 6) is 2.09. The van der Waals surface area contributed by atoms with Crippen LogP contribution in [0, 0.1) is 0 Å². The summed E-state index contributed by atoms with van der Waals surface area (Å²) in [4.78, 5) is 30.0. The van der Waals surface area contributed by atoms with Crippen molar-refractivity contribution in [1.29, 1.82) is 0 Å². The normalized spacial score (nSPS) is 17.4. The second kappa shape index (κ2) is 11.1. The number of rotatable bonds is 8. The first-order valence-corrected chi connectivity index (χ1v) is 13.1. The molecule has 0 aromatic heterocycles. The molecule has 1 spiro atoms. The van der Waals surface area contributed by atoms with E-state index in [0.717, 1.165) is 50.2 Å². The fraction of sp³-hybridized carbons (Fsp3) is 0.481. The molecule has 2 heterocycles. The maximum Gasteiger partial charge on any atom is 0.253 e. The highest BCUT2D eigenvalue weighted by Crippen LogP contribution is 2.44. The smallest absolute Gasteiger partial charge is 0.253 e. The molecule has 0 unspecified atom stereocenters. The van der Waals surface area contributed by atoms with Gasteiger partial charge < -0.3 is 14.5 Å². The SMILES string of the molecule is CCCCOc1ccc(C(=O)N2CCC3(CC2)SCCN3C(=O)CCc2ccccc2)cc1. The highest BCUT2D eigenvalue weighted by Gasteiger charge is 2.46. The molecule has 0 aliphatic carbocycles. The van der Waals surface area contributed by atoms with Crippen molar-refractivity contribution in [3.63, 3.8) is 0 Å². The Hall–Kier alpha value is -2.47. The summed E-state index contributed by atoms with van der Waals surface area (Å²) in [5, 5.41) is 0. The molecule has 2 fully saturated rings. The number of likely N-dealkylation sites (tertiary alicyclic amines) is 1. The molecule has 0 saturated carbocycles. The van der Waals surface area contributed by atoms with Gasteiger partial charge in [-0.25, -0.2) is 0 Å². The minimum absolute atomic E-state index is 0.0647. The van der Waals surface area contributed by atoms with E-state index in [1.807, 2.05) is 59.1 Å². The lowest BCUT2D eigenvalue weighted by atomic mass is 10.00. The fourth-order valence-corrected chi connectivity index (χ4v) is 6.15. The van der Waals surface area contributed by atoms with Crippen LogP contribution in [0.25, 0.3) is 0 Å². The van der Waals surface area contributed by atoms with Gasteiger partial charge in [0.15, 0.2) is 0 Å². The predicted octanol–water partition coefficient (Wildman–Crippen LogP) is 5.01. The number of hydrogen-bond acceptors (Lipinski definition) is 4. The van der Waals surface area contributed by atoms with Gasteiger partial charge in [0.05, 0.1) is 11.5 Å². The van der Waals surface area contributed by atoms with Gasteiger partial charge in [0.1, 0.15) is 5.75 Å². The van der Waals surface area contributed by atoms with Gasteiger partial charge in [-0.15, -0.1) is 11.8 Å². The number of nitrogens with zero attached hydrogens (tertiary/aromatic N) is 2. The molecule has 0 bridgehead atoms. The molecular weight excluding hydrogens is 432 g/mol. The van der Waals surface area contributed by atoms with Gasteiger partial charge in [0.2, 0.25) is 5.91 Å². The van der Waals surface area contributed by atoms with Crippen molar-refractivity contribution in [2.75, 3.05) is 32.0 Å². The standard InChI is InChI=1S/C27H34N2O3S/c1-2-3-20-32-24-12-10-23(11-13-24)26(31)28-17-15-27(16-18-28)29(19-21-33-27)25(30)14-9-22-7-5-4-6-8-22/h4-8,10-13H,2-3,9,14-21H2,1H3. The quantitative estimate of drug-likeness (QED) is 0.514. The third-order valence-electron chi connectivity index (χ3n) is 6.65. The zero-order chi connectivity index (χ0) is 23.1. The lowest BCUT2D eigenvalue weighted by Crippen LogP contribution is -2.53. The topological polar surface area (TPSA) is 49.9 Å².